The molecule has 0 amide bonds. The molecule has 0 fully saturated rings. The Kier molecular flexibility index (Phi) is 7.67. The standard InChI is InChI=1S/C47H35N3S/c1-30-14-18-34(19-15-30)44-36-22-24-38(48-36)46(32-10-6-4-7-11-32)42-28-29-43(51-42)47(33-12-8-5-9-13-33)39-25-23-37(49-39)45(35-20-16-31(2)17-21-35)41-27-26-40(44)50(41)3/h4-29H,1-3H3. The second-order valence-corrected chi connectivity index (χ2v) is 14.3. The molecule has 3 aromatic heterocycles. The summed E-state index contributed by atoms with van der Waals surface area (Å²) in [4.78, 5) is 10.9. The zero-order valence-electron chi connectivity index (χ0n) is 28.8. The minimum atomic E-state index is 0.945. The Hall–Kier alpha value is -6.10. The smallest absolute Gasteiger partial charge is 0.0737 e. The van der Waals surface area contributed by atoms with E-state index in [2.05, 4.69) is 183 Å². The molecular weight excluding hydrogens is 639 g/mol. The van der Waals surface area contributed by atoms with Crippen LogP contribution >= 0.6 is 11.3 Å². The van der Waals surface area contributed by atoms with Gasteiger partial charge in [-0.25, -0.2) is 9.97 Å². The van der Waals surface area contributed by atoms with E-state index in [4.69, 9.17) is 9.97 Å². The van der Waals surface area contributed by atoms with Gasteiger partial charge in [-0.15, -0.1) is 11.3 Å². The van der Waals surface area contributed by atoms with Gasteiger partial charge in [0.15, 0.2) is 0 Å². The van der Waals surface area contributed by atoms with Crippen molar-refractivity contribution in [2.75, 3.05) is 0 Å². The van der Waals surface area contributed by atoms with Crippen molar-refractivity contribution in [2.24, 2.45) is 7.05 Å². The van der Waals surface area contributed by atoms with Crippen LogP contribution in [0.3, 0.4) is 0 Å². The molecule has 9 rings (SSSR count). The van der Waals surface area contributed by atoms with Gasteiger partial charge in [0.05, 0.1) is 33.8 Å². The Labute approximate surface area is 302 Å². The minimum Gasteiger partial charge on any atom is -0.343 e. The summed E-state index contributed by atoms with van der Waals surface area (Å²) >= 11 is 1.79. The molecule has 0 unspecified atom stereocenters. The van der Waals surface area contributed by atoms with Crippen LogP contribution in [0.4, 0.5) is 0 Å². The lowest BCUT2D eigenvalue weighted by Gasteiger charge is -2.10. The number of thiophene rings is 1. The summed E-state index contributed by atoms with van der Waals surface area (Å²) in [5.41, 5.74) is 17.4. The monoisotopic (exact) mass is 673 g/mol. The average molecular weight is 674 g/mol. The van der Waals surface area contributed by atoms with E-state index < -0.39 is 0 Å². The van der Waals surface area contributed by atoms with Gasteiger partial charge in [0.2, 0.25) is 0 Å². The molecule has 2 aliphatic rings. The molecule has 51 heavy (non-hydrogen) atoms. The quantitative estimate of drug-likeness (QED) is 0.186. The van der Waals surface area contributed by atoms with Crippen LogP contribution in [0.2, 0.25) is 0 Å². The van der Waals surface area contributed by atoms with E-state index in [-0.39, 0.29) is 0 Å². The maximum Gasteiger partial charge on any atom is 0.0737 e. The molecule has 244 valence electrons. The van der Waals surface area contributed by atoms with Gasteiger partial charge < -0.3 is 4.57 Å². The summed E-state index contributed by atoms with van der Waals surface area (Å²) in [6.45, 7) is 4.27. The van der Waals surface area contributed by atoms with E-state index in [1.165, 1.54) is 11.1 Å². The number of fused-ring (bicyclic) bond motifs is 8. The van der Waals surface area contributed by atoms with Gasteiger partial charge >= 0.3 is 0 Å². The van der Waals surface area contributed by atoms with Gasteiger partial charge in [0, 0.05) is 38.7 Å². The summed E-state index contributed by atoms with van der Waals surface area (Å²) in [5, 5.41) is 0. The molecule has 0 aliphatic carbocycles. The number of rotatable bonds is 4. The lowest BCUT2D eigenvalue weighted by atomic mass is 10.0. The van der Waals surface area contributed by atoms with Gasteiger partial charge in [-0.05, 0) is 84.7 Å². The molecule has 0 spiro atoms. The van der Waals surface area contributed by atoms with Crippen LogP contribution in [0.25, 0.3) is 89.2 Å². The van der Waals surface area contributed by atoms with Crippen LogP contribution in [0, 0.1) is 13.8 Å². The van der Waals surface area contributed by atoms with E-state index in [1.807, 2.05) is 0 Å². The van der Waals surface area contributed by atoms with Crippen molar-refractivity contribution in [3.63, 3.8) is 0 Å². The molecule has 8 bridgehead atoms. The predicted molar refractivity (Wildman–Crippen MR) is 218 cm³/mol. The Morgan fingerprint density at radius 1 is 0.392 bits per heavy atom. The van der Waals surface area contributed by atoms with Crippen molar-refractivity contribution >= 4 is 56.1 Å². The average Bonchev–Trinajstić information content (AvgIpc) is 3.99. The predicted octanol–water partition coefficient (Wildman–Crippen LogP) is 12.7. The number of aryl methyl sites for hydroxylation is 3. The van der Waals surface area contributed by atoms with Crippen LogP contribution < -0.4 is 0 Å². The van der Waals surface area contributed by atoms with Gasteiger partial charge in [0.1, 0.15) is 0 Å². The molecule has 0 saturated carbocycles. The number of hydrogen-bond acceptors (Lipinski definition) is 3. The third-order valence-corrected chi connectivity index (χ3v) is 11.0. The fourth-order valence-electron chi connectivity index (χ4n) is 7.24. The van der Waals surface area contributed by atoms with Crippen LogP contribution in [0.1, 0.15) is 33.9 Å². The fraction of sp³-hybridized carbons (Fsp3) is 0.0638. The van der Waals surface area contributed by atoms with Crippen molar-refractivity contribution in [3.8, 4) is 44.5 Å². The number of nitrogens with zero attached hydrogens (tertiary/aromatic N) is 3. The molecule has 0 saturated heterocycles. The minimum absolute atomic E-state index is 0.945. The number of hydrogen-bond donors (Lipinski definition) is 0. The summed E-state index contributed by atoms with van der Waals surface area (Å²) in [5.74, 6) is 0. The zero-order chi connectivity index (χ0) is 34.5. The van der Waals surface area contributed by atoms with Crippen molar-refractivity contribution in [1.82, 2.24) is 14.5 Å². The van der Waals surface area contributed by atoms with E-state index in [0.29, 0.717) is 0 Å². The summed E-state index contributed by atoms with van der Waals surface area (Å²) in [6, 6.07) is 47.9. The van der Waals surface area contributed by atoms with Crippen molar-refractivity contribution in [1.29, 1.82) is 0 Å². The summed E-state index contributed by atoms with van der Waals surface area (Å²) < 4.78 is 4.64. The summed E-state index contributed by atoms with van der Waals surface area (Å²) in [6.07, 6.45) is 8.74. The van der Waals surface area contributed by atoms with Crippen molar-refractivity contribution in [2.45, 2.75) is 13.8 Å². The molecular formula is C47H35N3S. The SMILES string of the molecule is Cc1ccc(-c2c3nc(c(-c4ccccc4)c4ccc(s4)c(-c4ccccc4)c4nc(c(-c5ccc(C)cc5)c5ccc2n5C)C=C4)C=C3)cc1. The third kappa shape index (κ3) is 5.54. The first-order valence-corrected chi connectivity index (χ1v) is 18.1. The van der Waals surface area contributed by atoms with Crippen LogP contribution in [0.5, 0.6) is 0 Å². The third-order valence-electron chi connectivity index (χ3n) is 9.84. The maximum absolute atomic E-state index is 5.46. The number of benzene rings is 4. The van der Waals surface area contributed by atoms with Gasteiger partial charge in [-0.3, -0.25) is 0 Å². The highest BCUT2D eigenvalue weighted by molar-refractivity contribution is 7.24. The van der Waals surface area contributed by atoms with Crippen molar-refractivity contribution < 1.29 is 0 Å². The van der Waals surface area contributed by atoms with Crippen LogP contribution in [-0.2, 0) is 7.05 Å². The molecule has 4 aromatic carbocycles. The van der Waals surface area contributed by atoms with Crippen LogP contribution in [-0.4, -0.2) is 14.5 Å². The molecule has 4 heteroatoms. The zero-order valence-corrected chi connectivity index (χ0v) is 29.6. The molecule has 3 nitrogen and oxygen atoms in total. The lowest BCUT2D eigenvalue weighted by Crippen LogP contribution is -1.95. The fourth-order valence-corrected chi connectivity index (χ4v) is 8.40. The first-order chi connectivity index (χ1) is 25.0. The van der Waals surface area contributed by atoms with Gasteiger partial charge in [-0.1, -0.05) is 120 Å². The normalized spacial score (nSPS) is 12.1. The summed E-state index contributed by atoms with van der Waals surface area (Å²) in [7, 11) is 2.17. The Bertz CT molecular complexity index is 2490. The highest BCUT2D eigenvalue weighted by Crippen LogP contribution is 2.41. The first kappa shape index (κ1) is 30.9. The second kappa shape index (κ2) is 12.7. The van der Waals surface area contributed by atoms with Gasteiger partial charge in [0.25, 0.3) is 0 Å². The highest BCUT2D eigenvalue weighted by atomic mass is 32.1. The lowest BCUT2D eigenvalue weighted by molar-refractivity contribution is 1.01. The van der Waals surface area contributed by atoms with Crippen molar-refractivity contribution in [3.05, 3.63) is 167 Å². The van der Waals surface area contributed by atoms with E-state index in [1.54, 1.807) is 11.3 Å². The molecule has 0 N–H and O–H groups in total. The maximum atomic E-state index is 5.46. The molecule has 0 atom stereocenters. The molecule has 5 heterocycles. The second-order valence-electron chi connectivity index (χ2n) is 13.2. The Balaban J connectivity index is 1.50. The van der Waals surface area contributed by atoms with E-state index >= 15 is 0 Å². The number of aromatic nitrogens is 3. The molecule has 2 aliphatic heterocycles. The van der Waals surface area contributed by atoms with E-state index in [9.17, 15) is 0 Å². The van der Waals surface area contributed by atoms with Crippen LogP contribution in [0.15, 0.2) is 133 Å². The molecule has 7 aromatic rings. The Morgan fingerprint density at radius 3 is 1.14 bits per heavy atom. The van der Waals surface area contributed by atoms with Gasteiger partial charge in [-0.2, -0.15) is 0 Å². The first-order valence-electron chi connectivity index (χ1n) is 17.3. The molecule has 0 radical (unpaired) electrons. The van der Waals surface area contributed by atoms with E-state index in [0.717, 1.165) is 87.7 Å². The highest BCUT2D eigenvalue weighted by Gasteiger charge is 2.20. The largest absolute Gasteiger partial charge is 0.343 e. The Morgan fingerprint density at radius 2 is 0.745 bits per heavy atom. The topological polar surface area (TPSA) is 30.7 Å².